The molecule has 0 atom stereocenters. The van der Waals surface area contributed by atoms with Crippen LogP contribution in [-0.2, 0) is 11.2 Å². The quantitative estimate of drug-likeness (QED) is 0.579. The Balaban J connectivity index is 1.77. The molecule has 1 aliphatic heterocycles. The Kier molecular flexibility index (Phi) is 5.20. The van der Waals surface area contributed by atoms with Crippen LogP contribution in [0, 0.1) is 0 Å². The molecule has 1 heterocycles. The first-order chi connectivity index (χ1) is 11.6. The second-order valence-electron chi connectivity index (χ2n) is 5.62. The van der Waals surface area contributed by atoms with Crippen molar-refractivity contribution < 1.29 is 4.79 Å². The number of benzene rings is 2. The van der Waals surface area contributed by atoms with E-state index in [0.29, 0.717) is 17.3 Å². The molecule has 0 aliphatic carbocycles. The SMILES string of the molecule is CN1C(=[Se])N(CCc2ccccc2)C(=O)/C1=C\c1ccc(Cl)cc1. The van der Waals surface area contributed by atoms with Gasteiger partial charge < -0.3 is 0 Å². The van der Waals surface area contributed by atoms with E-state index in [1.165, 1.54) is 5.56 Å². The molecule has 24 heavy (non-hydrogen) atoms. The summed E-state index contributed by atoms with van der Waals surface area (Å²) >= 11 is 8.93. The van der Waals surface area contributed by atoms with Crippen LogP contribution < -0.4 is 0 Å². The van der Waals surface area contributed by atoms with Crippen LogP contribution in [0.25, 0.3) is 6.08 Å². The Morgan fingerprint density at radius 1 is 1.08 bits per heavy atom. The molecule has 0 radical (unpaired) electrons. The minimum atomic E-state index is 0.0112. The Bertz CT molecular complexity index is 787. The predicted octanol–water partition coefficient (Wildman–Crippen LogP) is 2.95. The van der Waals surface area contributed by atoms with Crippen molar-refractivity contribution in [2.24, 2.45) is 0 Å². The van der Waals surface area contributed by atoms with Gasteiger partial charge in [-0.2, -0.15) is 0 Å². The molecule has 5 heteroatoms. The molecule has 2 aromatic carbocycles. The monoisotopic (exact) mass is 404 g/mol. The van der Waals surface area contributed by atoms with Crippen LogP contribution in [-0.4, -0.2) is 49.5 Å². The number of carbonyl (C=O) groups is 1. The van der Waals surface area contributed by atoms with E-state index < -0.39 is 0 Å². The fourth-order valence-corrected chi connectivity index (χ4v) is 3.31. The summed E-state index contributed by atoms with van der Waals surface area (Å²) in [6.07, 6.45) is 2.71. The fraction of sp³-hybridized carbons (Fsp3) is 0.158. The molecule has 2 aromatic rings. The number of amides is 1. The molecule has 3 rings (SSSR count). The van der Waals surface area contributed by atoms with Crippen LogP contribution in [0.5, 0.6) is 0 Å². The summed E-state index contributed by atoms with van der Waals surface area (Å²) in [4.78, 5) is 16.4. The minimum absolute atomic E-state index is 0.0112. The van der Waals surface area contributed by atoms with Crippen molar-refractivity contribution in [1.29, 1.82) is 0 Å². The zero-order valence-corrected chi connectivity index (χ0v) is 15.7. The van der Waals surface area contributed by atoms with Gasteiger partial charge in [0, 0.05) is 0 Å². The van der Waals surface area contributed by atoms with Gasteiger partial charge in [-0.1, -0.05) is 0 Å². The maximum atomic E-state index is 12.8. The van der Waals surface area contributed by atoms with Crippen LogP contribution in [0.4, 0.5) is 0 Å². The number of halogens is 1. The molecule has 0 saturated carbocycles. The number of rotatable bonds is 4. The van der Waals surface area contributed by atoms with Gasteiger partial charge in [0.1, 0.15) is 0 Å². The Hall–Kier alpha value is -1.87. The summed E-state index contributed by atoms with van der Waals surface area (Å²) in [5.74, 6) is 0.0112. The summed E-state index contributed by atoms with van der Waals surface area (Å²) in [5, 5.41) is 0.684. The molecule has 0 unspecified atom stereocenters. The maximum absolute atomic E-state index is 12.8. The molecule has 1 fully saturated rings. The van der Waals surface area contributed by atoms with Gasteiger partial charge in [-0.25, -0.2) is 0 Å². The first-order valence-electron chi connectivity index (χ1n) is 7.67. The van der Waals surface area contributed by atoms with Gasteiger partial charge in [-0.05, 0) is 0 Å². The number of likely N-dealkylation sites (N-methyl/N-ethyl adjacent to an activating group) is 1. The first kappa shape index (κ1) is 17.0. The number of nitrogens with zero attached hydrogens (tertiary/aromatic N) is 2. The van der Waals surface area contributed by atoms with Gasteiger partial charge in [-0.15, -0.1) is 0 Å². The second-order valence-corrected chi connectivity index (χ2v) is 6.82. The molecule has 1 saturated heterocycles. The zero-order valence-electron chi connectivity index (χ0n) is 13.3. The van der Waals surface area contributed by atoms with E-state index in [4.69, 9.17) is 11.6 Å². The topological polar surface area (TPSA) is 23.6 Å². The molecule has 0 aromatic heterocycles. The molecule has 122 valence electrons. The van der Waals surface area contributed by atoms with Crippen molar-refractivity contribution in [3.8, 4) is 0 Å². The average Bonchev–Trinajstić information content (AvgIpc) is 2.79. The molecule has 1 amide bonds. The number of carbonyl (C=O) groups excluding carboxylic acids is 1. The van der Waals surface area contributed by atoms with Crippen LogP contribution in [0.15, 0.2) is 60.3 Å². The van der Waals surface area contributed by atoms with Gasteiger partial charge in [0.05, 0.1) is 0 Å². The molecular weight excluding hydrogens is 387 g/mol. The third-order valence-corrected chi connectivity index (χ3v) is 5.27. The Morgan fingerprint density at radius 3 is 2.42 bits per heavy atom. The van der Waals surface area contributed by atoms with Gasteiger partial charge in [0.25, 0.3) is 0 Å². The van der Waals surface area contributed by atoms with Crippen molar-refractivity contribution in [3.63, 3.8) is 0 Å². The molecule has 0 spiro atoms. The normalized spacial score (nSPS) is 16.3. The van der Waals surface area contributed by atoms with Crippen LogP contribution >= 0.6 is 11.6 Å². The average molecular weight is 404 g/mol. The Morgan fingerprint density at radius 2 is 1.75 bits per heavy atom. The molecular formula is C19H17ClN2OSe. The van der Waals surface area contributed by atoms with Gasteiger partial charge in [-0.3, -0.25) is 0 Å². The van der Waals surface area contributed by atoms with Gasteiger partial charge in [0.2, 0.25) is 0 Å². The van der Waals surface area contributed by atoms with Gasteiger partial charge in [0.15, 0.2) is 0 Å². The fourth-order valence-electron chi connectivity index (χ4n) is 2.61. The van der Waals surface area contributed by atoms with Gasteiger partial charge >= 0.3 is 155 Å². The molecule has 0 N–H and O–H groups in total. The molecule has 3 nitrogen and oxygen atoms in total. The summed E-state index contributed by atoms with van der Waals surface area (Å²) in [6.45, 7) is 0.646. The zero-order chi connectivity index (χ0) is 17.1. The third kappa shape index (κ3) is 3.62. The Labute approximate surface area is 154 Å². The van der Waals surface area contributed by atoms with Crippen molar-refractivity contribution in [2.45, 2.75) is 6.42 Å². The van der Waals surface area contributed by atoms with E-state index in [-0.39, 0.29) is 5.91 Å². The van der Waals surface area contributed by atoms with Crippen LogP contribution in [0.3, 0.4) is 0 Å². The standard InChI is InChI=1S/C19H17ClN2OSe/c1-21-17(13-15-7-9-16(20)10-8-15)18(23)22(19(21)24)12-11-14-5-3-2-4-6-14/h2-10,13H,11-12H2,1H3/b17-13+. The van der Waals surface area contributed by atoms with E-state index in [0.717, 1.165) is 16.6 Å². The predicted molar refractivity (Wildman–Crippen MR) is 99.8 cm³/mol. The molecule has 1 aliphatic rings. The number of hydrogen-bond donors (Lipinski definition) is 0. The summed E-state index contributed by atoms with van der Waals surface area (Å²) in [6, 6.07) is 17.6. The van der Waals surface area contributed by atoms with Crippen molar-refractivity contribution >= 4 is 43.8 Å². The second kappa shape index (κ2) is 7.35. The van der Waals surface area contributed by atoms with E-state index in [2.05, 4.69) is 27.7 Å². The van der Waals surface area contributed by atoms with Crippen LogP contribution in [0.2, 0.25) is 5.02 Å². The van der Waals surface area contributed by atoms with Crippen LogP contribution in [0.1, 0.15) is 11.1 Å². The molecule has 0 bridgehead atoms. The van der Waals surface area contributed by atoms with E-state index in [9.17, 15) is 4.79 Å². The summed E-state index contributed by atoms with van der Waals surface area (Å²) < 4.78 is 0.830. The summed E-state index contributed by atoms with van der Waals surface area (Å²) in [7, 11) is 1.90. The van der Waals surface area contributed by atoms with Crippen molar-refractivity contribution in [1.82, 2.24) is 9.80 Å². The van der Waals surface area contributed by atoms with E-state index >= 15 is 0 Å². The summed E-state index contributed by atoms with van der Waals surface area (Å²) in [5.41, 5.74) is 2.82. The number of hydrogen-bond acceptors (Lipinski definition) is 2. The van der Waals surface area contributed by atoms with E-state index in [1.807, 2.05) is 60.5 Å². The third-order valence-electron chi connectivity index (χ3n) is 3.98. The van der Waals surface area contributed by atoms with Crippen molar-refractivity contribution in [3.05, 3.63) is 76.4 Å². The van der Waals surface area contributed by atoms with Crippen molar-refractivity contribution in [2.75, 3.05) is 13.6 Å². The van der Waals surface area contributed by atoms with E-state index in [1.54, 1.807) is 4.90 Å². The first-order valence-corrected chi connectivity index (χ1v) is 8.90.